The molecular formula is C9H14N2O2. The average Bonchev–Trinajstić information content (AvgIpc) is 2.16. The molecule has 1 rings (SSSR count). The van der Waals surface area contributed by atoms with Gasteiger partial charge in [0.05, 0.1) is 7.11 Å². The quantitative estimate of drug-likeness (QED) is 0.480. The highest BCUT2D eigenvalue weighted by molar-refractivity contribution is 5.42. The lowest BCUT2D eigenvalue weighted by Crippen LogP contribution is -2.25. The molecule has 0 saturated carbocycles. The number of phenolic OH excluding ortho intramolecular Hbond substituents is 1. The van der Waals surface area contributed by atoms with Crippen molar-refractivity contribution in [1.29, 1.82) is 0 Å². The van der Waals surface area contributed by atoms with Gasteiger partial charge in [0.2, 0.25) is 0 Å². The van der Waals surface area contributed by atoms with E-state index in [0.717, 1.165) is 5.56 Å². The molecular weight excluding hydrogens is 168 g/mol. The van der Waals surface area contributed by atoms with Crippen LogP contribution in [-0.4, -0.2) is 12.2 Å². The highest BCUT2D eigenvalue weighted by Gasteiger charge is 2.06. The van der Waals surface area contributed by atoms with Crippen LogP contribution in [0.15, 0.2) is 18.2 Å². The number of hydrogen-bond acceptors (Lipinski definition) is 4. The average molecular weight is 182 g/mol. The van der Waals surface area contributed by atoms with Crippen LogP contribution in [0.3, 0.4) is 0 Å². The van der Waals surface area contributed by atoms with E-state index in [0.29, 0.717) is 5.75 Å². The summed E-state index contributed by atoms with van der Waals surface area (Å²) >= 11 is 0. The van der Waals surface area contributed by atoms with E-state index in [9.17, 15) is 5.11 Å². The van der Waals surface area contributed by atoms with Gasteiger partial charge in [-0.1, -0.05) is 6.07 Å². The van der Waals surface area contributed by atoms with E-state index in [2.05, 4.69) is 5.43 Å². The molecule has 0 bridgehead atoms. The van der Waals surface area contributed by atoms with Crippen LogP contribution in [0.2, 0.25) is 0 Å². The molecule has 0 fully saturated rings. The first kappa shape index (κ1) is 9.83. The third-order valence-electron chi connectivity index (χ3n) is 1.95. The molecule has 0 amide bonds. The SMILES string of the molecule is COc1ccc([C@H](C)NN)cc1O. The molecule has 1 atom stereocenters. The first-order chi connectivity index (χ1) is 6.19. The summed E-state index contributed by atoms with van der Waals surface area (Å²) < 4.78 is 4.91. The van der Waals surface area contributed by atoms with Crippen molar-refractivity contribution in [2.45, 2.75) is 13.0 Å². The number of aromatic hydroxyl groups is 1. The summed E-state index contributed by atoms with van der Waals surface area (Å²) in [6.45, 7) is 1.90. The van der Waals surface area contributed by atoms with Crippen molar-refractivity contribution in [1.82, 2.24) is 5.43 Å². The van der Waals surface area contributed by atoms with Gasteiger partial charge in [-0.2, -0.15) is 0 Å². The lowest BCUT2D eigenvalue weighted by atomic mass is 10.1. The molecule has 0 aliphatic heterocycles. The van der Waals surface area contributed by atoms with Gasteiger partial charge in [0, 0.05) is 6.04 Å². The smallest absolute Gasteiger partial charge is 0.160 e. The summed E-state index contributed by atoms with van der Waals surface area (Å²) in [4.78, 5) is 0. The van der Waals surface area contributed by atoms with Crippen LogP contribution in [0.5, 0.6) is 11.5 Å². The zero-order chi connectivity index (χ0) is 9.84. The number of nitrogens with one attached hydrogen (secondary N) is 1. The van der Waals surface area contributed by atoms with Crippen molar-refractivity contribution in [2.75, 3.05) is 7.11 Å². The molecule has 4 heteroatoms. The zero-order valence-electron chi connectivity index (χ0n) is 7.74. The van der Waals surface area contributed by atoms with E-state index in [4.69, 9.17) is 10.6 Å². The van der Waals surface area contributed by atoms with Crippen molar-refractivity contribution in [3.8, 4) is 11.5 Å². The second-order valence-corrected chi connectivity index (χ2v) is 2.82. The third kappa shape index (κ3) is 2.11. The molecule has 0 aliphatic rings. The highest BCUT2D eigenvalue weighted by atomic mass is 16.5. The second kappa shape index (κ2) is 4.11. The summed E-state index contributed by atoms with van der Waals surface area (Å²) in [6, 6.07) is 5.20. The second-order valence-electron chi connectivity index (χ2n) is 2.82. The van der Waals surface area contributed by atoms with Crippen molar-refractivity contribution in [3.05, 3.63) is 23.8 Å². The van der Waals surface area contributed by atoms with Gasteiger partial charge in [0.1, 0.15) is 0 Å². The maximum Gasteiger partial charge on any atom is 0.160 e. The van der Waals surface area contributed by atoms with E-state index in [1.54, 1.807) is 12.1 Å². The van der Waals surface area contributed by atoms with Gasteiger partial charge in [-0.25, -0.2) is 0 Å². The standard InChI is InChI=1S/C9H14N2O2/c1-6(11-10)7-3-4-9(13-2)8(12)5-7/h3-6,11-12H,10H2,1-2H3/t6-/m0/s1. The number of nitrogens with two attached hydrogens (primary N) is 1. The Morgan fingerprint density at radius 2 is 2.23 bits per heavy atom. The van der Waals surface area contributed by atoms with Gasteiger partial charge in [-0.15, -0.1) is 0 Å². The van der Waals surface area contributed by atoms with E-state index in [1.807, 2.05) is 13.0 Å². The Bertz CT molecular complexity index is 289. The van der Waals surface area contributed by atoms with E-state index < -0.39 is 0 Å². The zero-order valence-corrected chi connectivity index (χ0v) is 7.74. The maximum absolute atomic E-state index is 9.44. The van der Waals surface area contributed by atoms with Gasteiger partial charge in [0.25, 0.3) is 0 Å². The molecule has 0 aromatic heterocycles. The molecule has 1 aromatic carbocycles. The fourth-order valence-electron chi connectivity index (χ4n) is 1.07. The lowest BCUT2D eigenvalue weighted by Gasteiger charge is -2.11. The van der Waals surface area contributed by atoms with Crippen LogP contribution in [0.25, 0.3) is 0 Å². The molecule has 1 aromatic rings. The first-order valence-electron chi connectivity index (χ1n) is 4.02. The Hall–Kier alpha value is -1.26. The molecule has 0 unspecified atom stereocenters. The summed E-state index contributed by atoms with van der Waals surface area (Å²) in [5, 5.41) is 9.44. The predicted octanol–water partition coefficient (Wildman–Crippen LogP) is 0.925. The van der Waals surface area contributed by atoms with Crippen molar-refractivity contribution in [2.24, 2.45) is 5.84 Å². The van der Waals surface area contributed by atoms with Gasteiger partial charge in [0.15, 0.2) is 11.5 Å². The van der Waals surface area contributed by atoms with Crippen LogP contribution >= 0.6 is 0 Å². The predicted molar refractivity (Wildman–Crippen MR) is 50.4 cm³/mol. The van der Waals surface area contributed by atoms with Gasteiger partial charge < -0.3 is 9.84 Å². The van der Waals surface area contributed by atoms with Gasteiger partial charge in [-0.05, 0) is 24.6 Å². The number of ether oxygens (including phenoxy) is 1. The Kier molecular flexibility index (Phi) is 3.11. The lowest BCUT2D eigenvalue weighted by molar-refractivity contribution is 0.372. The summed E-state index contributed by atoms with van der Waals surface area (Å²) in [5.74, 6) is 5.85. The fraction of sp³-hybridized carbons (Fsp3) is 0.333. The molecule has 4 N–H and O–H groups in total. The molecule has 72 valence electrons. The number of rotatable bonds is 3. The first-order valence-corrected chi connectivity index (χ1v) is 4.02. The monoisotopic (exact) mass is 182 g/mol. The minimum atomic E-state index is 0.0109. The third-order valence-corrected chi connectivity index (χ3v) is 1.95. The minimum Gasteiger partial charge on any atom is -0.504 e. The van der Waals surface area contributed by atoms with Gasteiger partial charge >= 0.3 is 0 Å². The van der Waals surface area contributed by atoms with E-state index >= 15 is 0 Å². The number of methoxy groups -OCH3 is 1. The topological polar surface area (TPSA) is 67.5 Å². The minimum absolute atomic E-state index is 0.0109. The van der Waals surface area contributed by atoms with E-state index in [-0.39, 0.29) is 11.8 Å². The Balaban J connectivity index is 2.95. The number of benzene rings is 1. The van der Waals surface area contributed by atoms with Crippen molar-refractivity contribution >= 4 is 0 Å². The van der Waals surface area contributed by atoms with Crippen LogP contribution in [0, 0.1) is 0 Å². The number of hydrazine groups is 1. The van der Waals surface area contributed by atoms with Gasteiger partial charge in [-0.3, -0.25) is 11.3 Å². The Labute approximate surface area is 77.3 Å². The number of phenols is 1. The summed E-state index contributed by atoms with van der Waals surface area (Å²) in [5.41, 5.74) is 3.51. The maximum atomic E-state index is 9.44. The van der Waals surface area contributed by atoms with Crippen LogP contribution in [0.1, 0.15) is 18.5 Å². The van der Waals surface area contributed by atoms with Crippen LogP contribution in [0.4, 0.5) is 0 Å². The molecule has 0 heterocycles. The highest BCUT2D eigenvalue weighted by Crippen LogP contribution is 2.28. The Morgan fingerprint density at radius 1 is 1.54 bits per heavy atom. The molecule has 4 nitrogen and oxygen atoms in total. The fourth-order valence-corrected chi connectivity index (χ4v) is 1.07. The molecule has 0 saturated heterocycles. The summed E-state index contributed by atoms with van der Waals surface area (Å²) in [6.07, 6.45) is 0. The van der Waals surface area contributed by atoms with Crippen molar-refractivity contribution < 1.29 is 9.84 Å². The summed E-state index contributed by atoms with van der Waals surface area (Å²) in [7, 11) is 1.51. The Morgan fingerprint density at radius 3 is 2.69 bits per heavy atom. The largest absolute Gasteiger partial charge is 0.504 e. The molecule has 0 aliphatic carbocycles. The van der Waals surface area contributed by atoms with Crippen LogP contribution < -0.4 is 16.0 Å². The van der Waals surface area contributed by atoms with Crippen molar-refractivity contribution in [3.63, 3.8) is 0 Å². The normalized spacial score (nSPS) is 12.5. The molecule has 0 spiro atoms. The number of hydrogen-bond donors (Lipinski definition) is 3. The molecule has 0 radical (unpaired) electrons. The van der Waals surface area contributed by atoms with E-state index in [1.165, 1.54) is 7.11 Å². The van der Waals surface area contributed by atoms with Crippen LogP contribution in [-0.2, 0) is 0 Å². The molecule has 13 heavy (non-hydrogen) atoms.